The second-order valence-corrected chi connectivity index (χ2v) is 4.13. The molecule has 0 amide bonds. The fourth-order valence-corrected chi connectivity index (χ4v) is 1.95. The Balaban J connectivity index is 2.48. The first-order chi connectivity index (χ1) is 9.53. The normalized spacial score (nSPS) is 27.7. The number of terminal acetylenes is 1. The van der Waals surface area contributed by atoms with Gasteiger partial charge in [0.25, 0.3) is 0 Å². The first-order valence-electron chi connectivity index (χ1n) is 5.63. The summed E-state index contributed by atoms with van der Waals surface area (Å²) in [5.74, 6) is 2.11. The molecule has 0 spiro atoms. The molecule has 4 N–H and O–H groups in total. The highest BCUT2D eigenvalue weighted by Crippen LogP contribution is 2.32. The van der Waals surface area contributed by atoms with Crippen LogP contribution in [0, 0.1) is 12.3 Å². The number of aliphatic hydroxyl groups is 2. The maximum absolute atomic E-state index is 12.7. The molecule has 1 aliphatic rings. The fourth-order valence-electron chi connectivity index (χ4n) is 1.95. The van der Waals surface area contributed by atoms with Gasteiger partial charge in [-0.25, -0.2) is 9.18 Å². The van der Waals surface area contributed by atoms with Gasteiger partial charge in [-0.05, 0) is 0 Å². The lowest BCUT2D eigenvalue weighted by Gasteiger charge is -2.17. The minimum atomic E-state index is -1.44. The molecule has 1 aromatic heterocycles. The first kappa shape index (κ1) is 14.2. The zero-order valence-electron chi connectivity index (χ0n) is 10.2. The van der Waals surface area contributed by atoms with Gasteiger partial charge in [0.05, 0.1) is 18.5 Å². The van der Waals surface area contributed by atoms with Gasteiger partial charge in [0.15, 0.2) is 6.23 Å². The summed E-state index contributed by atoms with van der Waals surface area (Å²) in [5, 5.41) is 19.0. The molecule has 1 aliphatic heterocycles. The summed E-state index contributed by atoms with van der Waals surface area (Å²) in [4.78, 5) is 15.3. The quantitative estimate of drug-likeness (QED) is 0.594. The maximum atomic E-state index is 12.7. The van der Waals surface area contributed by atoms with Gasteiger partial charge in [0.1, 0.15) is 18.0 Å². The standard InChI is InChI=1S/C12H12FN3O4/c1-2-6-4-16(12(19)15-10(6)14)11-9(18)7(3-13)8(5-17)20-11/h1,3-4,8-9,11,17-18H,5H2,(H2,14,15,19). The largest absolute Gasteiger partial charge is 0.393 e. The molecule has 1 aromatic rings. The molecule has 20 heavy (non-hydrogen) atoms. The molecule has 0 aliphatic carbocycles. The summed E-state index contributed by atoms with van der Waals surface area (Å²) >= 11 is 0. The Bertz CT molecular complexity index is 649. The van der Waals surface area contributed by atoms with Crippen LogP contribution in [0.4, 0.5) is 10.2 Å². The predicted molar refractivity (Wildman–Crippen MR) is 67.0 cm³/mol. The van der Waals surface area contributed by atoms with E-state index in [1.807, 2.05) is 0 Å². The van der Waals surface area contributed by atoms with Crippen molar-refractivity contribution in [2.75, 3.05) is 12.3 Å². The van der Waals surface area contributed by atoms with Gasteiger partial charge in [0.2, 0.25) is 0 Å². The summed E-state index contributed by atoms with van der Waals surface area (Å²) in [6.07, 6.45) is 2.82. The molecule has 2 heterocycles. The van der Waals surface area contributed by atoms with Gasteiger partial charge >= 0.3 is 5.69 Å². The lowest BCUT2D eigenvalue weighted by molar-refractivity contribution is -0.0527. The van der Waals surface area contributed by atoms with Crippen LogP contribution < -0.4 is 11.4 Å². The molecule has 106 valence electrons. The Kier molecular flexibility index (Phi) is 3.85. The van der Waals surface area contributed by atoms with E-state index in [9.17, 15) is 14.3 Å². The molecule has 3 unspecified atom stereocenters. The molecule has 0 aromatic carbocycles. The van der Waals surface area contributed by atoms with E-state index in [1.165, 1.54) is 6.20 Å². The SMILES string of the molecule is C#Cc1cn(C2OC(CO)C(=CF)C2O)c(=O)nc1N. The van der Waals surface area contributed by atoms with E-state index < -0.39 is 30.7 Å². The van der Waals surface area contributed by atoms with E-state index in [1.54, 1.807) is 0 Å². The van der Waals surface area contributed by atoms with Crippen molar-refractivity contribution in [3.63, 3.8) is 0 Å². The Morgan fingerprint density at radius 1 is 1.70 bits per heavy atom. The number of hydrogen-bond donors (Lipinski definition) is 3. The van der Waals surface area contributed by atoms with Gasteiger partial charge in [0, 0.05) is 11.8 Å². The number of nitrogen functional groups attached to an aromatic ring is 1. The number of rotatable bonds is 2. The number of nitrogens with two attached hydrogens (primary N) is 1. The van der Waals surface area contributed by atoms with Gasteiger partial charge in [-0.1, -0.05) is 5.92 Å². The highest BCUT2D eigenvalue weighted by atomic mass is 19.1. The summed E-state index contributed by atoms with van der Waals surface area (Å²) in [7, 11) is 0. The highest BCUT2D eigenvalue weighted by molar-refractivity contribution is 5.47. The van der Waals surface area contributed by atoms with Gasteiger partial charge in [-0.15, -0.1) is 6.42 Å². The van der Waals surface area contributed by atoms with Crippen LogP contribution in [0.15, 0.2) is 22.9 Å². The van der Waals surface area contributed by atoms with Crippen molar-refractivity contribution in [1.82, 2.24) is 9.55 Å². The molecular formula is C12H12FN3O4. The predicted octanol–water partition coefficient (Wildman–Crippen LogP) is -1.09. The lowest BCUT2D eigenvalue weighted by atomic mass is 10.1. The summed E-state index contributed by atoms with van der Waals surface area (Å²) in [6.45, 7) is -0.539. The van der Waals surface area contributed by atoms with E-state index in [0.717, 1.165) is 4.57 Å². The Morgan fingerprint density at radius 2 is 2.40 bits per heavy atom. The molecule has 3 atom stereocenters. The monoisotopic (exact) mass is 281 g/mol. The number of halogens is 1. The van der Waals surface area contributed by atoms with Crippen LogP contribution in [0.25, 0.3) is 0 Å². The van der Waals surface area contributed by atoms with E-state index in [4.69, 9.17) is 22.0 Å². The van der Waals surface area contributed by atoms with Gasteiger partial charge in [-0.3, -0.25) is 4.57 Å². The van der Waals surface area contributed by atoms with Gasteiger partial charge < -0.3 is 20.7 Å². The summed E-state index contributed by atoms with van der Waals surface area (Å²) in [5.41, 5.74) is 4.63. The van der Waals surface area contributed by atoms with Crippen LogP contribution in [-0.2, 0) is 4.74 Å². The van der Waals surface area contributed by atoms with Crippen LogP contribution in [0.3, 0.4) is 0 Å². The zero-order chi connectivity index (χ0) is 14.9. The topological polar surface area (TPSA) is 111 Å². The van der Waals surface area contributed by atoms with Crippen molar-refractivity contribution in [1.29, 1.82) is 0 Å². The van der Waals surface area contributed by atoms with Crippen molar-refractivity contribution >= 4 is 5.82 Å². The van der Waals surface area contributed by atoms with Crippen LogP contribution in [0.2, 0.25) is 0 Å². The minimum Gasteiger partial charge on any atom is -0.393 e. The number of nitrogens with zero attached hydrogens (tertiary/aromatic N) is 2. The molecule has 7 nitrogen and oxygen atoms in total. The second-order valence-electron chi connectivity index (χ2n) is 4.13. The molecule has 2 rings (SSSR count). The molecule has 0 saturated carbocycles. The van der Waals surface area contributed by atoms with Crippen LogP contribution >= 0.6 is 0 Å². The second kappa shape index (κ2) is 5.42. The van der Waals surface area contributed by atoms with Gasteiger partial charge in [-0.2, -0.15) is 4.98 Å². The smallest absolute Gasteiger partial charge is 0.351 e. The Labute approximate surface area is 113 Å². The molecule has 8 heteroatoms. The number of anilines is 1. The summed E-state index contributed by atoms with van der Waals surface area (Å²) < 4.78 is 18.9. The van der Waals surface area contributed by atoms with Crippen LogP contribution in [0.5, 0.6) is 0 Å². The Morgan fingerprint density at radius 3 is 2.90 bits per heavy atom. The third kappa shape index (κ3) is 2.18. The van der Waals surface area contributed by atoms with Crippen molar-refractivity contribution in [3.8, 4) is 12.3 Å². The van der Waals surface area contributed by atoms with Crippen molar-refractivity contribution < 1.29 is 19.3 Å². The number of ether oxygens (including phenoxy) is 1. The molecule has 1 saturated heterocycles. The number of aromatic nitrogens is 2. The van der Waals surface area contributed by atoms with Crippen molar-refractivity contribution in [2.45, 2.75) is 18.4 Å². The first-order valence-corrected chi connectivity index (χ1v) is 5.63. The third-order valence-electron chi connectivity index (χ3n) is 2.99. The molecule has 0 radical (unpaired) electrons. The maximum Gasteiger partial charge on any atom is 0.351 e. The van der Waals surface area contributed by atoms with E-state index >= 15 is 0 Å². The van der Waals surface area contributed by atoms with Crippen LogP contribution in [-0.4, -0.2) is 38.6 Å². The molecular weight excluding hydrogens is 269 g/mol. The number of hydrogen-bond acceptors (Lipinski definition) is 6. The average Bonchev–Trinajstić information content (AvgIpc) is 2.75. The van der Waals surface area contributed by atoms with E-state index in [2.05, 4.69) is 10.9 Å². The minimum absolute atomic E-state index is 0.124. The molecule has 0 bridgehead atoms. The summed E-state index contributed by atoms with van der Waals surface area (Å²) in [6, 6.07) is 0. The van der Waals surface area contributed by atoms with Crippen LogP contribution in [0.1, 0.15) is 11.8 Å². The lowest BCUT2D eigenvalue weighted by Crippen LogP contribution is -2.32. The van der Waals surface area contributed by atoms with E-state index in [-0.39, 0.29) is 23.3 Å². The number of aliphatic hydroxyl groups excluding tert-OH is 2. The van der Waals surface area contributed by atoms with E-state index in [0.29, 0.717) is 0 Å². The average molecular weight is 281 g/mol. The zero-order valence-corrected chi connectivity index (χ0v) is 10.2. The molecule has 1 fully saturated rings. The van der Waals surface area contributed by atoms with Crippen molar-refractivity contribution in [2.24, 2.45) is 0 Å². The Hall–Kier alpha value is -2.21. The third-order valence-corrected chi connectivity index (χ3v) is 2.99. The highest BCUT2D eigenvalue weighted by Gasteiger charge is 2.40. The van der Waals surface area contributed by atoms with Crippen molar-refractivity contribution in [3.05, 3.63) is 34.1 Å². The fraction of sp³-hybridized carbons (Fsp3) is 0.333.